The fraction of sp³-hybridized carbons (Fsp3) is 0.208. The summed E-state index contributed by atoms with van der Waals surface area (Å²) in [5, 5.41) is 13.1. The first kappa shape index (κ1) is 21.2. The Labute approximate surface area is 184 Å². The third kappa shape index (κ3) is 3.60. The number of hydrogen-bond acceptors (Lipinski definition) is 6. The van der Waals surface area contributed by atoms with Crippen LogP contribution in [0.15, 0.2) is 75.5 Å². The zero-order valence-corrected chi connectivity index (χ0v) is 18.0. The number of carbonyl (C=O) groups excluding carboxylic acids is 1. The van der Waals surface area contributed by atoms with E-state index in [1.54, 1.807) is 26.1 Å². The molecule has 1 aliphatic heterocycles. The van der Waals surface area contributed by atoms with Gasteiger partial charge in [0, 0.05) is 19.8 Å². The number of benzene rings is 2. The molecule has 0 bridgehead atoms. The van der Waals surface area contributed by atoms with Crippen molar-refractivity contribution in [2.45, 2.75) is 19.4 Å². The van der Waals surface area contributed by atoms with Gasteiger partial charge in [-0.3, -0.25) is 13.9 Å². The van der Waals surface area contributed by atoms with Crippen molar-refractivity contribution in [3.63, 3.8) is 0 Å². The molecular weight excluding hydrogens is 410 g/mol. The molecule has 0 saturated heterocycles. The van der Waals surface area contributed by atoms with Crippen LogP contribution in [0.25, 0.3) is 0 Å². The molecule has 1 unspecified atom stereocenters. The molecule has 164 valence electrons. The van der Waals surface area contributed by atoms with Gasteiger partial charge >= 0.3 is 11.7 Å². The van der Waals surface area contributed by atoms with Gasteiger partial charge in [-0.25, -0.2) is 9.59 Å². The molecular formula is C24H23N3O5. The molecule has 8 nitrogen and oxygen atoms in total. The van der Waals surface area contributed by atoms with Gasteiger partial charge < -0.3 is 15.2 Å². The first-order chi connectivity index (χ1) is 15.3. The Bertz CT molecular complexity index is 1350. The second kappa shape index (κ2) is 8.22. The summed E-state index contributed by atoms with van der Waals surface area (Å²) in [4.78, 5) is 38.9. The number of esters is 1. The molecule has 0 amide bonds. The zero-order valence-electron chi connectivity index (χ0n) is 18.0. The van der Waals surface area contributed by atoms with E-state index in [-0.39, 0.29) is 23.5 Å². The largest absolute Gasteiger partial charge is 0.508 e. The second-order valence-corrected chi connectivity index (χ2v) is 7.72. The zero-order chi connectivity index (χ0) is 23.0. The van der Waals surface area contributed by atoms with Crippen molar-refractivity contribution in [3.05, 3.63) is 103 Å². The molecule has 32 heavy (non-hydrogen) atoms. The number of ether oxygens (including phenoxy) is 1. The molecule has 0 fully saturated rings. The lowest BCUT2D eigenvalue weighted by Gasteiger charge is -2.30. The molecule has 1 atom stereocenters. The van der Waals surface area contributed by atoms with E-state index in [1.165, 1.54) is 23.7 Å². The van der Waals surface area contributed by atoms with E-state index in [0.717, 1.165) is 10.1 Å². The maximum absolute atomic E-state index is 13.2. The number of carbonyl (C=O) groups is 1. The van der Waals surface area contributed by atoms with Crippen LogP contribution in [-0.2, 0) is 30.2 Å². The minimum atomic E-state index is -0.827. The van der Waals surface area contributed by atoms with Gasteiger partial charge in [0.25, 0.3) is 5.56 Å². The molecule has 0 saturated carbocycles. The van der Waals surface area contributed by atoms with E-state index in [0.29, 0.717) is 17.1 Å². The fourth-order valence-corrected chi connectivity index (χ4v) is 4.00. The smallest absolute Gasteiger partial charge is 0.337 e. The number of nitrogens with zero attached hydrogens (tertiary/aromatic N) is 2. The van der Waals surface area contributed by atoms with Crippen LogP contribution in [0.4, 0.5) is 5.82 Å². The number of fused-ring (bicyclic) bond motifs is 1. The quantitative estimate of drug-likeness (QED) is 0.613. The summed E-state index contributed by atoms with van der Waals surface area (Å²) in [6, 6.07) is 15.7. The molecule has 1 aromatic heterocycles. The highest BCUT2D eigenvalue weighted by Gasteiger charge is 2.37. The standard InChI is InChI=1S/C24H23N3O5/c1-14-18(23(30)32-13-15-8-5-4-6-9-15)19(16-10-7-11-17(28)12-16)20-21(25-14)26(2)24(31)27(3)22(20)29/h4-12,19,25,28H,13H2,1-3H3. The van der Waals surface area contributed by atoms with Crippen molar-refractivity contribution in [2.75, 3.05) is 5.32 Å². The molecule has 2 aromatic carbocycles. The van der Waals surface area contributed by atoms with Gasteiger partial charge in [-0.2, -0.15) is 0 Å². The van der Waals surface area contributed by atoms with Crippen molar-refractivity contribution in [3.8, 4) is 5.75 Å². The third-order valence-corrected chi connectivity index (χ3v) is 5.62. The number of aromatic hydroxyl groups is 1. The Morgan fingerprint density at radius 1 is 1.06 bits per heavy atom. The maximum Gasteiger partial charge on any atom is 0.337 e. The van der Waals surface area contributed by atoms with Gasteiger partial charge in [-0.05, 0) is 30.2 Å². The molecule has 8 heteroatoms. The number of phenolic OH excluding ortho intramolecular Hbond substituents is 1. The summed E-state index contributed by atoms with van der Waals surface area (Å²) in [5.41, 5.74) is 1.30. The average molecular weight is 433 g/mol. The van der Waals surface area contributed by atoms with Gasteiger partial charge in [0.2, 0.25) is 0 Å². The lowest BCUT2D eigenvalue weighted by Crippen LogP contribution is -2.43. The normalized spacial score (nSPS) is 15.2. The Morgan fingerprint density at radius 2 is 1.78 bits per heavy atom. The highest BCUT2D eigenvalue weighted by atomic mass is 16.5. The molecule has 0 aliphatic carbocycles. The number of aromatic nitrogens is 2. The van der Waals surface area contributed by atoms with E-state index in [4.69, 9.17) is 4.74 Å². The Morgan fingerprint density at radius 3 is 2.47 bits per heavy atom. The van der Waals surface area contributed by atoms with Gasteiger partial charge in [-0.1, -0.05) is 42.5 Å². The van der Waals surface area contributed by atoms with Crippen LogP contribution in [0.1, 0.15) is 29.5 Å². The van der Waals surface area contributed by atoms with Crippen molar-refractivity contribution in [1.29, 1.82) is 0 Å². The number of allylic oxidation sites excluding steroid dienone is 1. The SMILES string of the molecule is CC1=C(C(=O)OCc2ccccc2)C(c2cccc(O)c2)c2c(n(C)c(=O)n(C)c2=O)N1. The molecule has 2 N–H and O–H groups in total. The van der Waals surface area contributed by atoms with Gasteiger partial charge in [0.05, 0.1) is 17.1 Å². The molecule has 0 radical (unpaired) electrons. The summed E-state index contributed by atoms with van der Waals surface area (Å²) in [6.07, 6.45) is 0. The van der Waals surface area contributed by atoms with Gasteiger partial charge in [0.1, 0.15) is 18.2 Å². The summed E-state index contributed by atoms with van der Waals surface area (Å²) >= 11 is 0. The minimum absolute atomic E-state index is 0.00103. The summed E-state index contributed by atoms with van der Waals surface area (Å²) in [7, 11) is 2.95. The third-order valence-electron chi connectivity index (χ3n) is 5.62. The van der Waals surface area contributed by atoms with Crippen LogP contribution in [-0.4, -0.2) is 20.2 Å². The number of nitrogens with one attached hydrogen (secondary N) is 1. The van der Waals surface area contributed by atoms with E-state index < -0.39 is 23.1 Å². The van der Waals surface area contributed by atoms with Crippen LogP contribution in [0.5, 0.6) is 5.75 Å². The predicted octanol–water partition coefficient (Wildman–Crippen LogP) is 2.36. The monoisotopic (exact) mass is 433 g/mol. The van der Waals surface area contributed by atoms with E-state index in [2.05, 4.69) is 5.32 Å². The number of phenols is 1. The molecule has 4 rings (SSSR count). The number of anilines is 1. The lowest BCUT2D eigenvalue weighted by molar-refractivity contribution is -0.140. The van der Waals surface area contributed by atoms with Gasteiger partial charge in [-0.15, -0.1) is 0 Å². The van der Waals surface area contributed by atoms with Crippen molar-refractivity contribution >= 4 is 11.8 Å². The second-order valence-electron chi connectivity index (χ2n) is 7.72. The van der Waals surface area contributed by atoms with Crippen molar-refractivity contribution < 1.29 is 14.6 Å². The van der Waals surface area contributed by atoms with Crippen molar-refractivity contribution in [1.82, 2.24) is 9.13 Å². The molecule has 2 heterocycles. The summed E-state index contributed by atoms with van der Waals surface area (Å²) in [5.74, 6) is -1.11. The highest BCUT2D eigenvalue weighted by Crippen LogP contribution is 2.40. The number of hydrogen-bond donors (Lipinski definition) is 2. The summed E-state index contributed by atoms with van der Waals surface area (Å²) < 4.78 is 7.92. The predicted molar refractivity (Wildman–Crippen MR) is 119 cm³/mol. The molecule has 3 aromatic rings. The van der Waals surface area contributed by atoms with Crippen LogP contribution >= 0.6 is 0 Å². The highest BCUT2D eigenvalue weighted by molar-refractivity contribution is 5.94. The Kier molecular flexibility index (Phi) is 5.44. The van der Waals surface area contributed by atoms with E-state index in [9.17, 15) is 19.5 Å². The van der Waals surface area contributed by atoms with E-state index >= 15 is 0 Å². The van der Waals surface area contributed by atoms with Crippen LogP contribution in [0, 0.1) is 0 Å². The maximum atomic E-state index is 13.2. The Balaban J connectivity index is 1.87. The minimum Gasteiger partial charge on any atom is -0.508 e. The Hall–Kier alpha value is -4.07. The number of rotatable bonds is 4. The van der Waals surface area contributed by atoms with Crippen LogP contribution < -0.4 is 16.6 Å². The molecule has 1 aliphatic rings. The first-order valence-corrected chi connectivity index (χ1v) is 10.1. The lowest BCUT2D eigenvalue weighted by atomic mass is 9.82. The van der Waals surface area contributed by atoms with E-state index in [1.807, 2.05) is 30.3 Å². The summed E-state index contributed by atoms with van der Waals surface area (Å²) in [6.45, 7) is 1.77. The topological polar surface area (TPSA) is 103 Å². The van der Waals surface area contributed by atoms with Gasteiger partial charge in [0.15, 0.2) is 0 Å². The van der Waals surface area contributed by atoms with Crippen LogP contribution in [0.2, 0.25) is 0 Å². The first-order valence-electron chi connectivity index (χ1n) is 10.1. The van der Waals surface area contributed by atoms with Crippen molar-refractivity contribution in [2.24, 2.45) is 14.1 Å². The fourth-order valence-electron chi connectivity index (χ4n) is 4.00. The molecule has 0 spiro atoms. The average Bonchev–Trinajstić information content (AvgIpc) is 2.79. The van der Waals surface area contributed by atoms with Crippen LogP contribution in [0.3, 0.4) is 0 Å².